The largest absolute Gasteiger partial charge is 0.465 e. The van der Waals surface area contributed by atoms with Crippen LogP contribution in [-0.2, 0) is 11.3 Å². The molecule has 0 saturated carbocycles. The molecule has 1 aromatic carbocycles. The quantitative estimate of drug-likeness (QED) is 0.683. The van der Waals surface area contributed by atoms with Crippen molar-refractivity contribution in [1.29, 1.82) is 0 Å². The minimum Gasteiger partial charge on any atom is -0.465 e. The molecule has 0 spiro atoms. The van der Waals surface area contributed by atoms with Crippen LogP contribution in [0.15, 0.2) is 48.8 Å². The van der Waals surface area contributed by atoms with Crippen LogP contribution in [0.25, 0.3) is 11.0 Å². The molecule has 0 bridgehead atoms. The fourth-order valence-electron chi connectivity index (χ4n) is 3.91. The van der Waals surface area contributed by atoms with Crippen LogP contribution >= 0.6 is 0 Å². The van der Waals surface area contributed by atoms with Crippen LogP contribution in [0.1, 0.15) is 40.2 Å². The van der Waals surface area contributed by atoms with Crippen LogP contribution in [0.5, 0.6) is 0 Å². The number of carbonyl (C=O) groups is 2. The van der Waals surface area contributed by atoms with Crippen molar-refractivity contribution in [3.8, 4) is 0 Å². The molecule has 3 heterocycles. The number of carbonyl (C=O) groups excluding carboxylic acids is 1. The fraction of sp³-hybridized carbons (Fsp3) is 0.318. The Labute approximate surface area is 168 Å². The molecule has 1 amide bonds. The molecule has 0 radical (unpaired) electrons. The van der Waals surface area contributed by atoms with E-state index in [-0.39, 0.29) is 5.97 Å². The average molecular weight is 393 g/mol. The second-order valence-corrected chi connectivity index (χ2v) is 7.36. The van der Waals surface area contributed by atoms with E-state index in [2.05, 4.69) is 21.7 Å². The Bertz CT molecular complexity index is 1030. The number of amides is 1. The maximum absolute atomic E-state index is 11.6. The van der Waals surface area contributed by atoms with Crippen molar-refractivity contribution in [2.75, 3.05) is 20.2 Å². The van der Waals surface area contributed by atoms with Gasteiger partial charge in [0.2, 0.25) is 0 Å². The Morgan fingerprint density at radius 2 is 1.90 bits per heavy atom. The molecule has 1 fully saturated rings. The van der Waals surface area contributed by atoms with Gasteiger partial charge in [0.1, 0.15) is 5.65 Å². The molecule has 1 aliphatic rings. The number of methoxy groups -OCH3 is 1. The first kappa shape index (κ1) is 19.0. The highest BCUT2D eigenvalue weighted by atomic mass is 16.5. The van der Waals surface area contributed by atoms with Gasteiger partial charge in [-0.15, -0.1) is 0 Å². The summed E-state index contributed by atoms with van der Waals surface area (Å²) in [6, 6.07) is 11.6. The van der Waals surface area contributed by atoms with Crippen molar-refractivity contribution in [2.45, 2.75) is 25.3 Å². The van der Waals surface area contributed by atoms with Gasteiger partial charge in [0, 0.05) is 37.4 Å². The first-order valence-corrected chi connectivity index (χ1v) is 9.65. The number of rotatable bonds is 4. The number of benzene rings is 1. The van der Waals surface area contributed by atoms with Crippen molar-refractivity contribution >= 4 is 23.1 Å². The predicted molar refractivity (Wildman–Crippen MR) is 108 cm³/mol. The zero-order valence-electron chi connectivity index (χ0n) is 16.2. The van der Waals surface area contributed by atoms with Crippen molar-refractivity contribution in [2.24, 2.45) is 0 Å². The molecule has 7 nitrogen and oxygen atoms in total. The van der Waals surface area contributed by atoms with Gasteiger partial charge < -0.3 is 19.3 Å². The van der Waals surface area contributed by atoms with E-state index in [1.54, 1.807) is 12.1 Å². The number of aromatic nitrogens is 2. The van der Waals surface area contributed by atoms with Crippen LogP contribution < -0.4 is 0 Å². The molecule has 2 aromatic heterocycles. The summed E-state index contributed by atoms with van der Waals surface area (Å²) < 4.78 is 6.82. The highest BCUT2D eigenvalue weighted by molar-refractivity contribution is 5.89. The number of carboxylic acid groups (broad SMARTS) is 1. The number of nitrogens with zero attached hydrogens (tertiary/aromatic N) is 3. The summed E-state index contributed by atoms with van der Waals surface area (Å²) in [7, 11) is 1.37. The molecule has 29 heavy (non-hydrogen) atoms. The van der Waals surface area contributed by atoms with E-state index < -0.39 is 6.09 Å². The molecule has 7 heteroatoms. The number of esters is 1. The summed E-state index contributed by atoms with van der Waals surface area (Å²) in [6.07, 6.45) is 4.75. The highest BCUT2D eigenvalue weighted by Gasteiger charge is 2.24. The molecule has 3 aromatic rings. The number of hydrogen-bond donors (Lipinski definition) is 1. The molecule has 150 valence electrons. The first-order valence-electron chi connectivity index (χ1n) is 9.65. The van der Waals surface area contributed by atoms with E-state index in [9.17, 15) is 9.59 Å². The molecular weight excluding hydrogens is 370 g/mol. The van der Waals surface area contributed by atoms with Crippen molar-refractivity contribution in [3.05, 3.63) is 65.5 Å². The number of fused-ring (bicyclic) bond motifs is 1. The van der Waals surface area contributed by atoms with Gasteiger partial charge in [-0.05, 0) is 54.2 Å². The van der Waals surface area contributed by atoms with Crippen molar-refractivity contribution in [1.82, 2.24) is 14.5 Å². The zero-order chi connectivity index (χ0) is 20.4. The molecule has 1 aliphatic heterocycles. The maximum Gasteiger partial charge on any atom is 0.407 e. The summed E-state index contributed by atoms with van der Waals surface area (Å²) in [4.78, 5) is 28.8. The van der Waals surface area contributed by atoms with Gasteiger partial charge in [-0.1, -0.05) is 12.1 Å². The van der Waals surface area contributed by atoms with Crippen LogP contribution in [0, 0.1) is 0 Å². The molecule has 0 unspecified atom stereocenters. The number of piperidine rings is 1. The Morgan fingerprint density at radius 3 is 2.55 bits per heavy atom. The summed E-state index contributed by atoms with van der Waals surface area (Å²) in [5, 5.41) is 10.2. The minimum absolute atomic E-state index is 0.341. The molecular formula is C22H23N3O4. The summed E-state index contributed by atoms with van der Waals surface area (Å²) in [6.45, 7) is 1.80. The Hall–Kier alpha value is -3.35. The zero-order valence-corrected chi connectivity index (χ0v) is 16.2. The van der Waals surface area contributed by atoms with Crippen molar-refractivity contribution < 1.29 is 19.4 Å². The van der Waals surface area contributed by atoms with Gasteiger partial charge in [0.05, 0.1) is 12.7 Å². The number of likely N-dealkylation sites (tertiary alicyclic amines) is 1. The summed E-state index contributed by atoms with van der Waals surface area (Å²) in [5.74, 6) is 0.00284. The van der Waals surface area contributed by atoms with Crippen LogP contribution in [0.4, 0.5) is 4.79 Å². The lowest BCUT2D eigenvalue weighted by Crippen LogP contribution is -2.36. The van der Waals surface area contributed by atoms with E-state index in [4.69, 9.17) is 9.84 Å². The smallest absolute Gasteiger partial charge is 0.407 e. The maximum atomic E-state index is 11.6. The Kier molecular flexibility index (Phi) is 5.20. The van der Waals surface area contributed by atoms with E-state index >= 15 is 0 Å². The lowest BCUT2D eigenvalue weighted by atomic mass is 9.90. The van der Waals surface area contributed by atoms with E-state index in [0.29, 0.717) is 31.1 Å². The predicted octanol–water partition coefficient (Wildman–Crippen LogP) is 3.73. The third-order valence-corrected chi connectivity index (χ3v) is 5.59. The van der Waals surface area contributed by atoms with Gasteiger partial charge in [0.15, 0.2) is 0 Å². The second-order valence-electron chi connectivity index (χ2n) is 7.36. The third kappa shape index (κ3) is 3.94. The average Bonchev–Trinajstić information content (AvgIpc) is 3.15. The van der Waals surface area contributed by atoms with Gasteiger partial charge >= 0.3 is 12.1 Å². The second kappa shape index (κ2) is 7.95. The fourth-order valence-corrected chi connectivity index (χ4v) is 3.91. The number of hydrogen-bond acceptors (Lipinski definition) is 4. The van der Waals surface area contributed by atoms with E-state index in [1.165, 1.54) is 17.6 Å². The minimum atomic E-state index is -0.839. The van der Waals surface area contributed by atoms with Crippen LogP contribution in [0.2, 0.25) is 0 Å². The molecule has 4 rings (SSSR count). The van der Waals surface area contributed by atoms with E-state index in [1.807, 2.05) is 24.5 Å². The summed E-state index contributed by atoms with van der Waals surface area (Å²) in [5.41, 5.74) is 3.68. The van der Waals surface area contributed by atoms with Gasteiger partial charge in [-0.25, -0.2) is 14.6 Å². The molecule has 1 N–H and O–H groups in total. The first-order chi connectivity index (χ1) is 14.0. The number of ether oxygens (including phenoxy) is 1. The van der Waals surface area contributed by atoms with Gasteiger partial charge in [0.25, 0.3) is 0 Å². The van der Waals surface area contributed by atoms with Crippen LogP contribution in [-0.4, -0.2) is 51.8 Å². The van der Waals surface area contributed by atoms with Crippen molar-refractivity contribution in [3.63, 3.8) is 0 Å². The van der Waals surface area contributed by atoms with Gasteiger partial charge in [-0.3, -0.25) is 0 Å². The molecule has 1 saturated heterocycles. The third-order valence-electron chi connectivity index (χ3n) is 5.59. The van der Waals surface area contributed by atoms with Gasteiger partial charge in [-0.2, -0.15) is 0 Å². The normalized spacial score (nSPS) is 14.9. The monoisotopic (exact) mass is 393 g/mol. The molecule has 0 aliphatic carbocycles. The van der Waals surface area contributed by atoms with Crippen LogP contribution in [0.3, 0.4) is 0 Å². The lowest BCUT2D eigenvalue weighted by molar-refractivity contribution is 0.0600. The summed E-state index contributed by atoms with van der Waals surface area (Å²) >= 11 is 0. The lowest BCUT2D eigenvalue weighted by Gasteiger charge is -2.30. The standard InChI is InChI=1S/C22H23N3O4/c1-29-21(26)17-4-2-15(3-5-17)14-25-11-8-18-12-19(13-23-20(18)25)16-6-9-24(10-7-16)22(27)28/h2-5,8,11-13,16H,6-7,9-10,14H2,1H3,(H,27,28). The van der Waals surface area contributed by atoms with E-state index in [0.717, 1.165) is 29.4 Å². The Morgan fingerprint density at radius 1 is 1.17 bits per heavy atom. The SMILES string of the molecule is COC(=O)c1ccc(Cn2ccc3cc(C4CCN(C(=O)O)CC4)cnc32)cc1. The Balaban J connectivity index is 1.48. The molecule has 0 atom stereocenters. The highest BCUT2D eigenvalue weighted by Crippen LogP contribution is 2.29. The topological polar surface area (TPSA) is 84.7 Å². The number of pyridine rings is 1.